The Morgan fingerprint density at radius 2 is 1.16 bits per heavy atom. The molecule has 37 heavy (non-hydrogen) atoms. The number of carbonyl (C=O) groups excluding carboxylic acids is 5. The monoisotopic (exact) mass is 528 g/mol. The molecule has 5 amide bonds. The average Bonchev–Trinajstić information content (AvgIpc) is 2.78. The molecule has 0 fully saturated rings. The Kier molecular flexibility index (Phi) is 15.1. The molecule has 0 saturated carbocycles. The van der Waals surface area contributed by atoms with Gasteiger partial charge in [-0.25, -0.2) is 0 Å². The molecular weight excluding hydrogens is 484 g/mol. The number of hydrogen-bond acceptors (Lipinski definition) is 7. The van der Waals surface area contributed by atoms with Gasteiger partial charge in [0, 0.05) is 0 Å². The van der Waals surface area contributed by atoms with Gasteiger partial charge in [0.15, 0.2) is 0 Å². The van der Waals surface area contributed by atoms with Crippen LogP contribution in [0.1, 0.15) is 67.2 Å². The lowest BCUT2D eigenvalue weighted by Crippen LogP contribution is -2.59. The molecule has 212 valence electrons. The van der Waals surface area contributed by atoms with Crippen molar-refractivity contribution in [3.63, 3.8) is 0 Å². The lowest BCUT2D eigenvalue weighted by molar-refractivity contribution is -0.138. The van der Waals surface area contributed by atoms with Crippen molar-refractivity contribution >= 4 is 35.5 Å². The van der Waals surface area contributed by atoms with Gasteiger partial charge in [-0.05, 0) is 30.6 Å². The largest absolute Gasteiger partial charge is 0.480 e. The van der Waals surface area contributed by atoms with Crippen molar-refractivity contribution in [1.29, 1.82) is 0 Å². The van der Waals surface area contributed by atoms with E-state index in [2.05, 4.69) is 21.3 Å². The van der Waals surface area contributed by atoms with Gasteiger partial charge in [-0.15, -0.1) is 0 Å². The lowest BCUT2D eigenvalue weighted by atomic mass is 9.98. The van der Waals surface area contributed by atoms with Crippen LogP contribution in [0.3, 0.4) is 0 Å². The van der Waals surface area contributed by atoms with Crippen LogP contribution in [0.15, 0.2) is 0 Å². The predicted molar refractivity (Wildman–Crippen MR) is 137 cm³/mol. The van der Waals surface area contributed by atoms with Gasteiger partial charge in [-0.3, -0.25) is 28.8 Å². The maximum absolute atomic E-state index is 13.1. The van der Waals surface area contributed by atoms with Crippen molar-refractivity contribution in [3.8, 4) is 0 Å². The minimum absolute atomic E-state index is 0.0103. The van der Waals surface area contributed by atoms with Crippen LogP contribution < -0.4 is 32.7 Å². The molecule has 0 aromatic rings. The second kappa shape index (κ2) is 16.5. The highest BCUT2D eigenvalue weighted by Gasteiger charge is 2.32. The Morgan fingerprint density at radius 1 is 0.730 bits per heavy atom. The quantitative estimate of drug-likeness (QED) is 0.123. The fourth-order valence-electron chi connectivity index (χ4n) is 3.43. The molecule has 0 rings (SSSR count). The van der Waals surface area contributed by atoms with E-state index in [1.807, 2.05) is 34.6 Å². The van der Waals surface area contributed by atoms with Crippen LogP contribution in [0, 0.1) is 17.8 Å². The summed E-state index contributed by atoms with van der Waals surface area (Å²) in [6.45, 7) is 10.3. The van der Waals surface area contributed by atoms with Crippen molar-refractivity contribution in [2.45, 2.75) is 91.4 Å². The summed E-state index contributed by atoms with van der Waals surface area (Å²) in [6, 6.07) is -4.41. The number of rotatable bonds is 17. The van der Waals surface area contributed by atoms with Gasteiger partial charge in [0.1, 0.15) is 24.7 Å². The molecule has 0 aliphatic heterocycles. The van der Waals surface area contributed by atoms with E-state index >= 15 is 0 Å². The summed E-state index contributed by atoms with van der Waals surface area (Å²) < 4.78 is 0. The molecule has 0 unspecified atom stereocenters. The van der Waals surface area contributed by atoms with Crippen molar-refractivity contribution in [2.24, 2.45) is 29.2 Å². The van der Waals surface area contributed by atoms with Gasteiger partial charge in [0.2, 0.25) is 29.5 Å². The van der Waals surface area contributed by atoms with Crippen LogP contribution in [0.25, 0.3) is 0 Å². The molecule has 0 aromatic carbocycles. The van der Waals surface area contributed by atoms with E-state index in [4.69, 9.17) is 16.6 Å². The fourth-order valence-corrected chi connectivity index (χ4v) is 3.43. The average molecular weight is 529 g/mol. The Balaban J connectivity index is 5.71. The topological polar surface area (TPSA) is 223 Å². The number of primary amides is 1. The molecule has 0 radical (unpaired) electrons. The van der Waals surface area contributed by atoms with Crippen LogP contribution in [0.2, 0.25) is 0 Å². The SMILES string of the molecule is CC[C@H](C)[C@H](N)C(=O)N[C@@H](CC(N)=O)C(=O)N[C@@H](CC(C)C)C(=O)N[C@@H](CC(C)C)C(=O)NCC(=O)O. The Hall–Kier alpha value is -3.22. The fraction of sp³-hybridized carbons (Fsp3) is 0.750. The Labute approximate surface area is 218 Å². The number of nitrogens with two attached hydrogens (primary N) is 2. The van der Waals surface area contributed by atoms with E-state index in [0.717, 1.165) is 0 Å². The number of carbonyl (C=O) groups is 6. The van der Waals surface area contributed by atoms with E-state index < -0.39 is 72.6 Å². The third-order valence-corrected chi connectivity index (χ3v) is 5.69. The molecule has 0 aliphatic rings. The summed E-state index contributed by atoms with van der Waals surface area (Å²) in [5.41, 5.74) is 11.2. The van der Waals surface area contributed by atoms with E-state index in [1.165, 1.54) is 0 Å². The van der Waals surface area contributed by atoms with Gasteiger partial charge in [0.25, 0.3) is 0 Å². The van der Waals surface area contributed by atoms with Crippen LogP contribution in [0.4, 0.5) is 0 Å². The highest BCUT2D eigenvalue weighted by Crippen LogP contribution is 2.10. The molecule has 5 atom stereocenters. The van der Waals surface area contributed by atoms with Gasteiger partial charge in [0.05, 0.1) is 12.5 Å². The summed E-state index contributed by atoms with van der Waals surface area (Å²) in [5, 5.41) is 18.7. The number of amides is 5. The van der Waals surface area contributed by atoms with Crippen LogP contribution in [-0.4, -0.2) is 71.3 Å². The van der Waals surface area contributed by atoms with E-state index in [9.17, 15) is 28.8 Å². The zero-order chi connectivity index (χ0) is 28.9. The second-order valence-corrected chi connectivity index (χ2v) is 10.1. The number of aliphatic carboxylic acids is 1. The lowest BCUT2D eigenvalue weighted by Gasteiger charge is -2.27. The molecule has 0 heterocycles. The van der Waals surface area contributed by atoms with Gasteiger partial charge in [-0.1, -0.05) is 48.0 Å². The number of hydrogen-bond donors (Lipinski definition) is 7. The van der Waals surface area contributed by atoms with Gasteiger partial charge in [-0.2, -0.15) is 0 Å². The molecule has 0 saturated heterocycles. The first-order chi connectivity index (χ1) is 17.1. The zero-order valence-electron chi connectivity index (χ0n) is 22.6. The predicted octanol–water partition coefficient (Wildman–Crippen LogP) is -1.02. The summed E-state index contributed by atoms with van der Waals surface area (Å²) in [7, 11) is 0. The zero-order valence-corrected chi connectivity index (χ0v) is 22.6. The normalized spacial score (nSPS) is 15.2. The second-order valence-electron chi connectivity index (χ2n) is 10.1. The van der Waals surface area contributed by atoms with Crippen molar-refractivity contribution < 1.29 is 33.9 Å². The summed E-state index contributed by atoms with van der Waals surface area (Å²) in [5.74, 6) is -5.09. The highest BCUT2D eigenvalue weighted by atomic mass is 16.4. The van der Waals surface area contributed by atoms with Gasteiger partial charge < -0.3 is 37.8 Å². The van der Waals surface area contributed by atoms with Crippen LogP contribution in [0.5, 0.6) is 0 Å². The minimum atomic E-state index is -1.35. The molecule has 9 N–H and O–H groups in total. The van der Waals surface area contributed by atoms with Crippen LogP contribution in [-0.2, 0) is 28.8 Å². The molecular formula is C24H44N6O7. The molecule has 0 aromatic heterocycles. The van der Waals surface area contributed by atoms with E-state index in [0.29, 0.717) is 6.42 Å². The van der Waals surface area contributed by atoms with Crippen molar-refractivity contribution in [3.05, 3.63) is 0 Å². The number of nitrogens with one attached hydrogen (secondary N) is 4. The standard InChI is InChI=1S/C24H44N6O7/c1-7-14(6)20(26)24(37)30-17(10-18(25)31)23(36)29-16(9-13(4)5)22(35)28-15(8-12(2)3)21(34)27-11-19(32)33/h12-17,20H,7-11,26H2,1-6H3,(H2,25,31)(H,27,34)(H,28,35)(H,29,36)(H,30,37)(H,32,33)/t14-,15-,16-,17-,20-/m0/s1. The first-order valence-corrected chi connectivity index (χ1v) is 12.5. The van der Waals surface area contributed by atoms with Crippen molar-refractivity contribution in [1.82, 2.24) is 21.3 Å². The third kappa shape index (κ3) is 13.6. The summed E-state index contributed by atoms with van der Waals surface area (Å²) in [6.07, 6.45) is 0.531. The first-order valence-electron chi connectivity index (χ1n) is 12.5. The smallest absolute Gasteiger partial charge is 0.322 e. The Morgan fingerprint density at radius 3 is 1.57 bits per heavy atom. The maximum atomic E-state index is 13.1. The molecule has 13 heteroatoms. The number of carboxylic acids is 1. The molecule has 0 aliphatic carbocycles. The summed E-state index contributed by atoms with van der Waals surface area (Å²) >= 11 is 0. The Bertz CT molecular complexity index is 817. The molecule has 0 bridgehead atoms. The van der Waals surface area contributed by atoms with E-state index in [-0.39, 0.29) is 30.6 Å². The minimum Gasteiger partial charge on any atom is -0.480 e. The summed E-state index contributed by atoms with van der Waals surface area (Å²) in [4.78, 5) is 73.6. The number of carboxylic acid groups (broad SMARTS) is 1. The molecule has 13 nitrogen and oxygen atoms in total. The third-order valence-electron chi connectivity index (χ3n) is 5.69. The highest BCUT2D eigenvalue weighted by molar-refractivity contribution is 5.96. The maximum Gasteiger partial charge on any atom is 0.322 e. The van der Waals surface area contributed by atoms with Crippen molar-refractivity contribution in [2.75, 3.05) is 6.54 Å². The van der Waals surface area contributed by atoms with E-state index in [1.54, 1.807) is 6.92 Å². The van der Waals surface area contributed by atoms with Gasteiger partial charge >= 0.3 is 5.97 Å². The molecule has 0 spiro atoms. The van der Waals surface area contributed by atoms with Crippen LogP contribution >= 0.6 is 0 Å². The first kappa shape index (κ1) is 33.8.